The summed E-state index contributed by atoms with van der Waals surface area (Å²) in [5, 5.41) is 18.2. The second-order valence-electron chi connectivity index (χ2n) is 4.11. The van der Waals surface area contributed by atoms with E-state index in [4.69, 9.17) is 9.84 Å². The lowest BCUT2D eigenvalue weighted by Gasteiger charge is -2.07. The minimum Gasteiger partial charge on any atom is -0.504 e. The van der Waals surface area contributed by atoms with Crippen LogP contribution in [0.1, 0.15) is 12.0 Å². The van der Waals surface area contributed by atoms with Gasteiger partial charge in [0.2, 0.25) is 0 Å². The Kier molecular flexibility index (Phi) is 4.03. The third kappa shape index (κ3) is 3.74. The number of aryl methyl sites for hydroxylation is 1. The van der Waals surface area contributed by atoms with Crippen molar-refractivity contribution < 1.29 is 19.7 Å². The van der Waals surface area contributed by atoms with E-state index in [9.17, 15) is 9.90 Å². The molecule has 0 bridgehead atoms. The minimum absolute atomic E-state index is 0.0810. The Balaban J connectivity index is 2.03. The van der Waals surface area contributed by atoms with E-state index in [1.165, 1.54) is 0 Å². The number of carbonyl (C=O) groups is 1. The molecule has 0 saturated carbocycles. The molecule has 0 aromatic heterocycles. The van der Waals surface area contributed by atoms with Crippen LogP contribution in [0.3, 0.4) is 0 Å². The SMILES string of the molecule is O=C(O)CCc1ccc(Oc2ccccc2O)cc1. The number of phenols is 1. The number of ether oxygens (including phenoxy) is 1. The Bertz CT molecular complexity index is 561. The second-order valence-corrected chi connectivity index (χ2v) is 4.11. The summed E-state index contributed by atoms with van der Waals surface area (Å²) in [6.07, 6.45) is 0.603. The van der Waals surface area contributed by atoms with Gasteiger partial charge in [0, 0.05) is 6.42 Å². The van der Waals surface area contributed by atoms with Crippen LogP contribution in [0.2, 0.25) is 0 Å². The molecule has 2 aromatic rings. The van der Waals surface area contributed by atoms with Crippen LogP contribution in [0.5, 0.6) is 17.2 Å². The fraction of sp³-hybridized carbons (Fsp3) is 0.133. The third-order valence-corrected chi connectivity index (χ3v) is 2.64. The Morgan fingerprint density at radius 3 is 2.37 bits per heavy atom. The molecule has 0 saturated heterocycles. The first-order chi connectivity index (χ1) is 9.15. The maximum Gasteiger partial charge on any atom is 0.303 e. The minimum atomic E-state index is -0.811. The molecule has 2 rings (SSSR count). The molecule has 0 heterocycles. The summed E-state index contributed by atoms with van der Waals surface area (Å²) in [5.74, 6) is 0.258. The standard InChI is InChI=1S/C15H14O4/c16-13-3-1-2-4-14(13)19-12-8-5-11(6-9-12)7-10-15(17)18/h1-6,8-9,16H,7,10H2,(H,17,18). The van der Waals surface area contributed by atoms with Gasteiger partial charge in [-0.25, -0.2) is 0 Å². The van der Waals surface area contributed by atoms with Crippen LogP contribution in [0.15, 0.2) is 48.5 Å². The first kappa shape index (κ1) is 13.0. The van der Waals surface area contributed by atoms with Gasteiger partial charge in [-0.3, -0.25) is 4.79 Å². The highest BCUT2D eigenvalue weighted by Gasteiger charge is 2.03. The molecule has 0 atom stereocenters. The van der Waals surface area contributed by atoms with Gasteiger partial charge in [0.05, 0.1) is 0 Å². The van der Waals surface area contributed by atoms with Crippen molar-refractivity contribution in [3.63, 3.8) is 0 Å². The average Bonchev–Trinajstić information content (AvgIpc) is 2.40. The monoisotopic (exact) mass is 258 g/mol. The van der Waals surface area contributed by atoms with E-state index in [1.54, 1.807) is 36.4 Å². The lowest BCUT2D eigenvalue weighted by Crippen LogP contribution is -1.97. The van der Waals surface area contributed by atoms with Crippen molar-refractivity contribution in [3.05, 3.63) is 54.1 Å². The first-order valence-electron chi connectivity index (χ1n) is 5.92. The predicted molar refractivity (Wildman–Crippen MR) is 70.6 cm³/mol. The average molecular weight is 258 g/mol. The smallest absolute Gasteiger partial charge is 0.303 e. The number of hydrogen-bond donors (Lipinski definition) is 2. The quantitative estimate of drug-likeness (QED) is 0.864. The lowest BCUT2D eigenvalue weighted by molar-refractivity contribution is -0.136. The molecule has 0 radical (unpaired) electrons. The van der Waals surface area contributed by atoms with E-state index in [-0.39, 0.29) is 12.2 Å². The van der Waals surface area contributed by atoms with Crippen LogP contribution in [-0.4, -0.2) is 16.2 Å². The first-order valence-corrected chi connectivity index (χ1v) is 5.92. The van der Waals surface area contributed by atoms with E-state index in [2.05, 4.69) is 0 Å². The summed E-state index contributed by atoms with van der Waals surface area (Å²) in [4.78, 5) is 10.5. The van der Waals surface area contributed by atoms with Crippen molar-refractivity contribution in [3.8, 4) is 17.2 Å². The Morgan fingerprint density at radius 1 is 1.05 bits per heavy atom. The highest BCUT2D eigenvalue weighted by atomic mass is 16.5. The van der Waals surface area contributed by atoms with Gasteiger partial charge < -0.3 is 14.9 Å². The van der Waals surface area contributed by atoms with Gasteiger partial charge in [-0.05, 0) is 36.2 Å². The maximum atomic E-state index is 10.5. The van der Waals surface area contributed by atoms with Crippen molar-refractivity contribution in [2.24, 2.45) is 0 Å². The van der Waals surface area contributed by atoms with Crippen LogP contribution in [0.4, 0.5) is 0 Å². The molecule has 19 heavy (non-hydrogen) atoms. The number of phenolic OH excluding ortho intramolecular Hbond substituents is 1. The molecule has 98 valence electrons. The van der Waals surface area contributed by atoms with Gasteiger partial charge in [-0.15, -0.1) is 0 Å². The lowest BCUT2D eigenvalue weighted by atomic mass is 10.1. The van der Waals surface area contributed by atoms with Crippen LogP contribution in [0, 0.1) is 0 Å². The normalized spacial score (nSPS) is 10.1. The second kappa shape index (κ2) is 5.91. The van der Waals surface area contributed by atoms with Gasteiger partial charge in [0.15, 0.2) is 11.5 Å². The van der Waals surface area contributed by atoms with Gasteiger partial charge in [-0.2, -0.15) is 0 Å². The Hall–Kier alpha value is -2.49. The van der Waals surface area contributed by atoms with Crippen molar-refractivity contribution >= 4 is 5.97 Å². The van der Waals surface area contributed by atoms with Crippen molar-refractivity contribution in [2.45, 2.75) is 12.8 Å². The van der Waals surface area contributed by atoms with Crippen LogP contribution in [0.25, 0.3) is 0 Å². The highest BCUT2D eigenvalue weighted by Crippen LogP contribution is 2.29. The van der Waals surface area contributed by atoms with Gasteiger partial charge >= 0.3 is 5.97 Å². The Labute approximate surface area is 110 Å². The van der Waals surface area contributed by atoms with Crippen LogP contribution >= 0.6 is 0 Å². The predicted octanol–water partition coefficient (Wildman–Crippen LogP) is 3.20. The van der Waals surface area contributed by atoms with Gasteiger partial charge in [0.25, 0.3) is 0 Å². The molecular weight excluding hydrogens is 244 g/mol. The molecule has 0 aliphatic heterocycles. The summed E-state index contributed by atoms with van der Waals surface area (Å²) in [6.45, 7) is 0. The molecule has 0 fully saturated rings. The van der Waals surface area contributed by atoms with E-state index >= 15 is 0 Å². The molecule has 2 N–H and O–H groups in total. The van der Waals surface area contributed by atoms with Crippen LogP contribution in [-0.2, 0) is 11.2 Å². The fourth-order valence-corrected chi connectivity index (χ4v) is 1.65. The molecule has 4 nitrogen and oxygen atoms in total. The Morgan fingerprint density at radius 2 is 1.74 bits per heavy atom. The van der Waals surface area contributed by atoms with E-state index < -0.39 is 5.97 Å². The summed E-state index contributed by atoms with van der Waals surface area (Å²) >= 11 is 0. The number of aliphatic carboxylic acids is 1. The molecule has 2 aromatic carbocycles. The molecule has 0 unspecified atom stereocenters. The van der Waals surface area contributed by atoms with Gasteiger partial charge in [-0.1, -0.05) is 24.3 Å². The van der Waals surface area contributed by atoms with Crippen molar-refractivity contribution in [1.29, 1.82) is 0 Å². The van der Waals surface area contributed by atoms with Crippen molar-refractivity contribution in [1.82, 2.24) is 0 Å². The number of carboxylic acid groups (broad SMARTS) is 1. The summed E-state index contributed by atoms with van der Waals surface area (Å²) < 4.78 is 5.52. The molecular formula is C15H14O4. The molecule has 0 spiro atoms. The molecule has 0 aliphatic carbocycles. The number of benzene rings is 2. The number of rotatable bonds is 5. The van der Waals surface area contributed by atoms with Gasteiger partial charge in [0.1, 0.15) is 5.75 Å². The zero-order valence-corrected chi connectivity index (χ0v) is 10.2. The summed E-state index contributed by atoms with van der Waals surface area (Å²) in [7, 11) is 0. The van der Waals surface area contributed by atoms with E-state index in [1.807, 2.05) is 12.1 Å². The fourth-order valence-electron chi connectivity index (χ4n) is 1.65. The number of carboxylic acids is 1. The molecule has 0 aliphatic rings. The zero-order chi connectivity index (χ0) is 13.7. The topological polar surface area (TPSA) is 66.8 Å². The zero-order valence-electron chi connectivity index (χ0n) is 10.2. The summed E-state index contributed by atoms with van der Waals surface area (Å²) in [5.41, 5.74) is 0.937. The van der Waals surface area contributed by atoms with E-state index in [0.717, 1.165) is 5.56 Å². The number of hydrogen-bond acceptors (Lipinski definition) is 3. The van der Waals surface area contributed by atoms with Crippen molar-refractivity contribution in [2.75, 3.05) is 0 Å². The van der Waals surface area contributed by atoms with Crippen LogP contribution < -0.4 is 4.74 Å². The number of aromatic hydroxyl groups is 1. The van der Waals surface area contributed by atoms with E-state index in [0.29, 0.717) is 17.9 Å². The molecule has 4 heteroatoms. The number of para-hydroxylation sites is 2. The summed E-state index contributed by atoms with van der Waals surface area (Å²) in [6, 6.07) is 13.9. The highest BCUT2D eigenvalue weighted by molar-refractivity contribution is 5.67. The third-order valence-electron chi connectivity index (χ3n) is 2.64. The largest absolute Gasteiger partial charge is 0.504 e. The molecule has 0 amide bonds. The maximum absolute atomic E-state index is 10.5.